The first-order chi connectivity index (χ1) is 10.1. The minimum absolute atomic E-state index is 0.0652. The average molecular weight is 311 g/mol. The maximum Gasteiger partial charge on any atom is 0.227 e. The number of carbonyl (C=O) groups is 1. The number of hydrogen-bond donors (Lipinski definition) is 2. The predicted molar refractivity (Wildman–Crippen MR) is 85.3 cm³/mol. The molecule has 2 heterocycles. The Labute approximate surface area is 130 Å². The van der Waals surface area contributed by atoms with Crippen LogP contribution in [0.3, 0.4) is 0 Å². The summed E-state index contributed by atoms with van der Waals surface area (Å²) in [5, 5.41) is 7.29. The number of ether oxygens (including phenoxy) is 1. The Hall–Kier alpha value is -0.950. The van der Waals surface area contributed by atoms with E-state index in [0.717, 1.165) is 0 Å². The van der Waals surface area contributed by atoms with Gasteiger partial charge in [-0.3, -0.25) is 4.79 Å². The molecule has 0 aliphatic carbocycles. The number of rotatable bonds is 6. The van der Waals surface area contributed by atoms with E-state index in [-0.39, 0.29) is 11.9 Å². The van der Waals surface area contributed by atoms with Crippen molar-refractivity contribution in [1.82, 2.24) is 10.2 Å². The van der Waals surface area contributed by atoms with E-state index in [9.17, 15) is 4.79 Å². The lowest BCUT2D eigenvalue weighted by Crippen LogP contribution is -2.50. The summed E-state index contributed by atoms with van der Waals surface area (Å²) >= 11 is 1.68. The number of nitrogens with one attached hydrogen (secondary N) is 1. The lowest BCUT2D eigenvalue weighted by Gasteiger charge is -2.35. The molecule has 0 saturated carbocycles. The summed E-state index contributed by atoms with van der Waals surface area (Å²) in [4.78, 5) is 14.7. The van der Waals surface area contributed by atoms with Gasteiger partial charge in [-0.2, -0.15) is 11.3 Å². The molecule has 1 unspecified atom stereocenters. The molecule has 3 N–H and O–H groups in total. The third-order valence-electron chi connectivity index (χ3n) is 4.33. The van der Waals surface area contributed by atoms with Crippen LogP contribution in [0, 0.1) is 5.41 Å². The molecule has 0 radical (unpaired) electrons. The Morgan fingerprint density at radius 1 is 1.52 bits per heavy atom. The smallest absolute Gasteiger partial charge is 0.227 e. The number of amides is 1. The van der Waals surface area contributed by atoms with Crippen LogP contribution in [0.1, 0.15) is 24.4 Å². The fourth-order valence-corrected chi connectivity index (χ4v) is 3.43. The molecule has 1 aromatic rings. The fraction of sp³-hybridized carbons (Fsp3) is 0.667. The van der Waals surface area contributed by atoms with Gasteiger partial charge < -0.3 is 20.7 Å². The van der Waals surface area contributed by atoms with Crippen LogP contribution in [0.15, 0.2) is 16.8 Å². The van der Waals surface area contributed by atoms with Gasteiger partial charge in [0.2, 0.25) is 5.91 Å². The highest BCUT2D eigenvalue weighted by molar-refractivity contribution is 7.07. The van der Waals surface area contributed by atoms with Crippen molar-refractivity contribution < 1.29 is 9.53 Å². The number of carbonyl (C=O) groups excluding carboxylic acids is 1. The number of hydrogen-bond acceptors (Lipinski definition) is 5. The van der Waals surface area contributed by atoms with Crippen LogP contribution in [0.5, 0.6) is 0 Å². The first kappa shape index (κ1) is 16.4. The summed E-state index contributed by atoms with van der Waals surface area (Å²) in [6.45, 7) is 2.22. The van der Waals surface area contributed by atoms with Gasteiger partial charge >= 0.3 is 0 Å². The van der Waals surface area contributed by atoms with E-state index in [2.05, 4.69) is 27.0 Å². The Kier molecular flexibility index (Phi) is 5.75. The quantitative estimate of drug-likeness (QED) is 0.829. The summed E-state index contributed by atoms with van der Waals surface area (Å²) in [5.41, 5.74) is 6.66. The highest BCUT2D eigenvalue weighted by Crippen LogP contribution is 2.30. The molecule has 6 heteroatoms. The van der Waals surface area contributed by atoms with Crippen LogP contribution in [-0.2, 0) is 9.53 Å². The van der Waals surface area contributed by atoms with Crippen molar-refractivity contribution in [3.63, 3.8) is 0 Å². The van der Waals surface area contributed by atoms with Crippen molar-refractivity contribution >= 4 is 17.2 Å². The molecular weight excluding hydrogens is 286 g/mol. The first-order valence-corrected chi connectivity index (χ1v) is 8.28. The van der Waals surface area contributed by atoms with Gasteiger partial charge in [0.15, 0.2) is 0 Å². The van der Waals surface area contributed by atoms with Gasteiger partial charge in [0.1, 0.15) is 0 Å². The molecule has 5 nitrogen and oxygen atoms in total. The molecule has 0 spiro atoms. The van der Waals surface area contributed by atoms with Gasteiger partial charge in [-0.15, -0.1) is 0 Å². The van der Waals surface area contributed by atoms with E-state index in [1.807, 2.05) is 14.1 Å². The Bertz CT molecular complexity index is 442. The number of nitrogens with two attached hydrogens (primary N) is 1. The average Bonchev–Trinajstić information content (AvgIpc) is 3.01. The maximum atomic E-state index is 12.6. The molecule has 2 rings (SSSR count). The van der Waals surface area contributed by atoms with Crippen LogP contribution in [0.2, 0.25) is 0 Å². The van der Waals surface area contributed by atoms with Crippen molar-refractivity contribution in [2.45, 2.75) is 18.9 Å². The van der Waals surface area contributed by atoms with E-state index in [1.165, 1.54) is 5.56 Å². The zero-order valence-corrected chi connectivity index (χ0v) is 13.6. The molecule has 1 atom stereocenters. The van der Waals surface area contributed by atoms with Gasteiger partial charge in [0.25, 0.3) is 0 Å². The van der Waals surface area contributed by atoms with Gasteiger partial charge in [0, 0.05) is 26.3 Å². The molecule has 1 aromatic heterocycles. The Morgan fingerprint density at radius 2 is 2.24 bits per heavy atom. The molecule has 1 amide bonds. The molecule has 118 valence electrons. The number of likely N-dealkylation sites (N-methyl/N-ethyl adjacent to an activating group) is 1. The molecular formula is C15H25N3O2S. The molecule has 0 bridgehead atoms. The molecule has 21 heavy (non-hydrogen) atoms. The molecule has 1 saturated heterocycles. The van der Waals surface area contributed by atoms with Crippen LogP contribution in [0.25, 0.3) is 0 Å². The van der Waals surface area contributed by atoms with Crippen LogP contribution < -0.4 is 11.1 Å². The lowest BCUT2D eigenvalue weighted by molar-refractivity contribution is -0.136. The molecule has 1 aliphatic rings. The molecule has 0 aromatic carbocycles. The standard InChI is InChI=1S/C15H25N3O2S/c1-18(2)13(12-3-8-21-10-12)9-17-14(19)15(11-16)4-6-20-7-5-15/h3,8,10,13H,4-7,9,11,16H2,1-2H3,(H,17,19). The zero-order valence-electron chi connectivity index (χ0n) is 12.8. The maximum absolute atomic E-state index is 12.6. The van der Waals surface area contributed by atoms with Crippen LogP contribution in [-0.4, -0.2) is 51.2 Å². The summed E-state index contributed by atoms with van der Waals surface area (Å²) in [6.07, 6.45) is 1.42. The number of thiophene rings is 1. The minimum atomic E-state index is -0.455. The summed E-state index contributed by atoms with van der Waals surface area (Å²) < 4.78 is 5.36. The van der Waals surface area contributed by atoms with Gasteiger partial charge in [0.05, 0.1) is 11.5 Å². The van der Waals surface area contributed by atoms with Crippen molar-refractivity contribution in [2.24, 2.45) is 11.1 Å². The van der Waals surface area contributed by atoms with Gasteiger partial charge in [-0.25, -0.2) is 0 Å². The van der Waals surface area contributed by atoms with E-state index in [4.69, 9.17) is 10.5 Å². The SMILES string of the molecule is CN(C)C(CNC(=O)C1(CN)CCOCC1)c1ccsc1. The highest BCUT2D eigenvalue weighted by atomic mass is 32.1. The van der Waals surface area contributed by atoms with Gasteiger partial charge in [-0.05, 0) is 49.3 Å². The fourth-order valence-electron chi connectivity index (χ4n) is 2.73. The summed E-state index contributed by atoms with van der Waals surface area (Å²) in [5.74, 6) is 0.0652. The number of nitrogens with zero attached hydrogens (tertiary/aromatic N) is 1. The third-order valence-corrected chi connectivity index (χ3v) is 5.03. The third kappa shape index (κ3) is 3.83. The van der Waals surface area contributed by atoms with Crippen LogP contribution >= 0.6 is 11.3 Å². The van der Waals surface area contributed by atoms with Crippen LogP contribution in [0.4, 0.5) is 0 Å². The molecule has 1 aliphatic heterocycles. The van der Waals surface area contributed by atoms with Crippen molar-refractivity contribution in [2.75, 3.05) is 40.4 Å². The topological polar surface area (TPSA) is 67.6 Å². The Morgan fingerprint density at radius 3 is 2.76 bits per heavy atom. The summed E-state index contributed by atoms with van der Waals surface area (Å²) in [6, 6.07) is 2.30. The highest BCUT2D eigenvalue weighted by Gasteiger charge is 2.38. The zero-order chi connectivity index (χ0) is 15.3. The second-order valence-corrected chi connectivity index (χ2v) is 6.62. The largest absolute Gasteiger partial charge is 0.381 e. The Balaban J connectivity index is 1.98. The van der Waals surface area contributed by atoms with E-state index < -0.39 is 5.41 Å². The van der Waals surface area contributed by atoms with E-state index in [0.29, 0.717) is 39.1 Å². The normalized spacial score (nSPS) is 19.4. The summed E-state index contributed by atoms with van der Waals surface area (Å²) in [7, 11) is 4.06. The minimum Gasteiger partial charge on any atom is -0.381 e. The molecule has 1 fully saturated rings. The van der Waals surface area contributed by atoms with Crippen molar-refractivity contribution in [1.29, 1.82) is 0 Å². The van der Waals surface area contributed by atoms with E-state index >= 15 is 0 Å². The first-order valence-electron chi connectivity index (χ1n) is 7.34. The van der Waals surface area contributed by atoms with Crippen molar-refractivity contribution in [3.05, 3.63) is 22.4 Å². The predicted octanol–water partition coefficient (Wildman–Crippen LogP) is 1.22. The van der Waals surface area contributed by atoms with Gasteiger partial charge in [-0.1, -0.05) is 0 Å². The second-order valence-electron chi connectivity index (χ2n) is 5.84. The van der Waals surface area contributed by atoms with E-state index in [1.54, 1.807) is 11.3 Å². The second kappa shape index (κ2) is 7.35. The monoisotopic (exact) mass is 311 g/mol. The van der Waals surface area contributed by atoms with Crippen molar-refractivity contribution in [3.8, 4) is 0 Å². The lowest BCUT2D eigenvalue weighted by atomic mass is 9.79.